The van der Waals surface area contributed by atoms with Gasteiger partial charge in [0.25, 0.3) is 5.78 Å². The molecule has 0 saturated heterocycles. The lowest BCUT2D eigenvalue weighted by Crippen LogP contribution is -2.04. The van der Waals surface area contributed by atoms with Crippen molar-refractivity contribution in [3.8, 4) is 11.4 Å². The number of hydrogen-bond donors (Lipinski definition) is 1. The molecule has 3 aromatic rings. The number of fused-ring (bicyclic) bond motifs is 1. The molecule has 0 spiro atoms. The second kappa shape index (κ2) is 4.26. The van der Waals surface area contributed by atoms with Gasteiger partial charge >= 0.3 is 0 Å². The Morgan fingerprint density at radius 2 is 1.89 bits per heavy atom. The van der Waals surface area contributed by atoms with Crippen LogP contribution in [-0.2, 0) is 0 Å². The summed E-state index contributed by atoms with van der Waals surface area (Å²) in [6, 6.07) is 9.69. The van der Waals surface area contributed by atoms with Crippen molar-refractivity contribution in [1.82, 2.24) is 24.6 Å². The molecule has 0 bridgehead atoms. The summed E-state index contributed by atoms with van der Waals surface area (Å²) in [7, 11) is 0. The van der Waals surface area contributed by atoms with Gasteiger partial charge in [-0.3, -0.25) is 0 Å². The van der Waals surface area contributed by atoms with Gasteiger partial charge in [0.1, 0.15) is 0 Å². The Bertz CT molecular complexity index is 693. The molecule has 0 fully saturated rings. The summed E-state index contributed by atoms with van der Waals surface area (Å²) in [6.07, 6.45) is 1.89. The third-order valence-corrected chi connectivity index (χ3v) is 2.98. The van der Waals surface area contributed by atoms with Gasteiger partial charge in [-0.1, -0.05) is 42.1 Å². The van der Waals surface area contributed by atoms with Crippen molar-refractivity contribution in [1.29, 1.82) is 0 Å². The predicted octanol–water partition coefficient (Wildman–Crippen LogP) is 1.49. The number of rotatable bonds is 2. The van der Waals surface area contributed by atoms with Gasteiger partial charge in [0.2, 0.25) is 5.95 Å². The fourth-order valence-electron chi connectivity index (χ4n) is 1.59. The maximum Gasteiger partial charge on any atom is 0.258 e. The standard InChI is InChI=1S/C11H10N6S/c1-18-11-14-9(12)17-10(15-11)13-8(16-17)7-5-3-2-4-6-7/h2-6H,1H3,(H2,12,13,14,15,16). The minimum Gasteiger partial charge on any atom is -0.368 e. The molecule has 2 aromatic heterocycles. The van der Waals surface area contributed by atoms with Crippen LogP contribution in [-0.4, -0.2) is 30.8 Å². The van der Waals surface area contributed by atoms with Gasteiger partial charge in [0, 0.05) is 5.56 Å². The molecule has 90 valence electrons. The summed E-state index contributed by atoms with van der Waals surface area (Å²) in [6.45, 7) is 0. The molecule has 0 saturated carbocycles. The molecule has 0 aliphatic rings. The Balaban J connectivity index is 2.20. The van der Waals surface area contributed by atoms with Crippen LogP contribution in [0.5, 0.6) is 0 Å². The van der Waals surface area contributed by atoms with Crippen LogP contribution in [0.4, 0.5) is 5.95 Å². The lowest BCUT2D eigenvalue weighted by molar-refractivity contribution is 0.851. The van der Waals surface area contributed by atoms with E-state index in [-0.39, 0.29) is 0 Å². The Morgan fingerprint density at radius 1 is 1.11 bits per heavy atom. The zero-order valence-electron chi connectivity index (χ0n) is 9.61. The summed E-state index contributed by atoms with van der Waals surface area (Å²) in [5.41, 5.74) is 6.74. The van der Waals surface area contributed by atoms with E-state index in [9.17, 15) is 0 Å². The van der Waals surface area contributed by atoms with E-state index < -0.39 is 0 Å². The zero-order chi connectivity index (χ0) is 12.5. The van der Waals surface area contributed by atoms with E-state index >= 15 is 0 Å². The van der Waals surface area contributed by atoms with E-state index in [0.29, 0.717) is 22.7 Å². The molecule has 6 nitrogen and oxygen atoms in total. The molecule has 2 heterocycles. The van der Waals surface area contributed by atoms with Crippen LogP contribution < -0.4 is 5.73 Å². The third-order valence-electron chi connectivity index (χ3n) is 2.43. The average Bonchev–Trinajstić information content (AvgIpc) is 2.84. The molecule has 0 atom stereocenters. The average molecular weight is 258 g/mol. The van der Waals surface area contributed by atoms with Gasteiger partial charge < -0.3 is 5.73 Å². The predicted molar refractivity (Wildman–Crippen MR) is 70.2 cm³/mol. The minimum absolute atomic E-state index is 0.291. The number of nitrogens with two attached hydrogens (primary N) is 1. The molecule has 0 aliphatic carbocycles. The van der Waals surface area contributed by atoms with Crippen LogP contribution in [0.2, 0.25) is 0 Å². The van der Waals surface area contributed by atoms with Crippen LogP contribution in [0.15, 0.2) is 35.5 Å². The molecule has 0 unspecified atom stereocenters. The number of nitrogen functional groups attached to an aromatic ring is 1. The number of nitrogens with zero attached hydrogens (tertiary/aromatic N) is 5. The molecule has 3 rings (SSSR count). The third kappa shape index (κ3) is 1.78. The molecule has 2 N–H and O–H groups in total. The van der Waals surface area contributed by atoms with Crippen LogP contribution in [0, 0.1) is 0 Å². The normalized spacial score (nSPS) is 10.9. The maximum atomic E-state index is 5.82. The quantitative estimate of drug-likeness (QED) is 0.701. The summed E-state index contributed by atoms with van der Waals surface area (Å²) in [5.74, 6) is 1.35. The molecule has 0 aliphatic heterocycles. The number of anilines is 1. The van der Waals surface area contributed by atoms with Crippen LogP contribution >= 0.6 is 11.8 Å². The van der Waals surface area contributed by atoms with Crippen LogP contribution in [0.1, 0.15) is 0 Å². The summed E-state index contributed by atoms with van der Waals surface area (Å²) in [4.78, 5) is 12.7. The minimum atomic E-state index is 0.291. The second-order valence-corrected chi connectivity index (χ2v) is 4.36. The van der Waals surface area contributed by atoms with Crippen molar-refractivity contribution >= 4 is 23.5 Å². The largest absolute Gasteiger partial charge is 0.368 e. The number of benzene rings is 1. The summed E-state index contributed by atoms with van der Waals surface area (Å²) < 4.78 is 1.45. The highest BCUT2D eigenvalue weighted by molar-refractivity contribution is 7.98. The Hall–Kier alpha value is -2.15. The molecular weight excluding hydrogens is 248 g/mol. The van der Waals surface area contributed by atoms with Gasteiger partial charge in [-0.15, -0.1) is 5.10 Å². The van der Waals surface area contributed by atoms with E-state index in [1.165, 1.54) is 16.3 Å². The van der Waals surface area contributed by atoms with Crippen molar-refractivity contribution < 1.29 is 0 Å². The molecule has 18 heavy (non-hydrogen) atoms. The van der Waals surface area contributed by atoms with Gasteiger partial charge in [0.15, 0.2) is 11.0 Å². The van der Waals surface area contributed by atoms with Crippen molar-refractivity contribution in [2.24, 2.45) is 0 Å². The van der Waals surface area contributed by atoms with Crippen molar-refractivity contribution in [3.63, 3.8) is 0 Å². The molecule has 1 aromatic carbocycles. The Kier molecular flexibility index (Phi) is 2.60. The maximum absolute atomic E-state index is 5.82. The molecule has 0 amide bonds. The Morgan fingerprint density at radius 3 is 2.61 bits per heavy atom. The van der Waals surface area contributed by atoms with Gasteiger partial charge in [-0.05, 0) is 6.26 Å². The monoisotopic (exact) mass is 258 g/mol. The fraction of sp³-hybridized carbons (Fsp3) is 0.0909. The zero-order valence-corrected chi connectivity index (χ0v) is 10.4. The van der Waals surface area contributed by atoms with Crippen LogP contribution in [0.25, 0.3) is 17.2 Å². The Labute approximate surface area is 107 Å². The fourth-order valence-corrected chi connectivity index (χ4v) is 1.94. The summed E-state index contributed by atoms with van der Waals surface area (Å²) >= 11 is 1.42. The number of aromatic nitrogens is 5. The first-order valence-electron chi connectivity index (χ1n) is 5.27. The van der Waals surface area contributed by atoms with Crippen LogP contribution in [0.3, 0.4) is 0 Å². The highest BCUT2D eigenvalue weighted by Crippen LogP contribution is 2.17. The summed E-state index contributed by atoms with van der Waals surface area (Å²) in [5, 5.41) is 4.89. The van der Waals surface area contributed by atoms with Gasteiger partial charge in [-0.25, -0.2) is 0 Å². The first-order valence-corrected chi connectivity index (χ1v) is 6.50. The molecule has 0 radical (unpaired) electrons. The first kappa shape index (κ1) is 11.0. The SMILES string of the molecule is CSc1nc(N)n2nc(-c3ccccc3)nc2n1. The lowest BCUT2D eigenvalue weighted by atomic mass is 10.2. The van der Waals surface area contributed by atoms with Gasteiger partial charge in [-0.2, -0.15) is 19.5 Å². The van der Waals surface area contributed by atoms with E-state index in [0.717, 1.165) is 5.56 Å². The smallest absolute Gasteiger partial charge is 0.258 e. The number of hydrogen-bond acceptors (Lipinski definition) is 6. The van der Waals surface area contributed by atoms with E-state index in [1.54, 1.807) is 0 Å². The number of thioether (sulfide) groups is 1. The first-order chi connectivity index (χ1) is 8.78. The highest BCUT2D eigenvalue weighted by atomic mass is 32.2. The van der Waals surface area contributed by atoms with Crippen molar-refractivity contribution in [2.75, 3.05) is 12.0 Å². The van der Waals surface area contributed by atoms with E-state index in [4.69, 9.17) is 5.73 Å². The molecular formula is C11H10N6S. The highest BCUT2D eigenvalue weighted by Gasteiger charge is 2.11. The van der Waals surface area contributed by atoms with E-state index in [1.807, 2.05) is 36.6 Å². The van der Waals surface area contributed by atoms with E-state index in [2.05, 4.69) is 20.1 Å². The topological polar surface area (TPSA) is 82.0 Å². The second-order valence-electron chi connectivity index (χ2n) is 3.58. The lowest BCUT2D eigenvalue weighted by Gasteiger charge is -1.97. The van der Waals surface area contributed by atoms with Crippen molar-refractivity contribution in [2.45, 2.75) is 5.16 Å². The van der Waals surface area contributed by atoms with Gasteiger partial charge in [0.05, 0.1) is 0 Å². The molecule has 7 heteroatoms. The van der Waals surface area contributed by atoms with Crippen molar-refractivity contribution in [3.05, 3.63) is 30.3 Å².